The average Bonchev–Trinajstić information content (AvgIpc) is 1.84. The van der Waals surface area contributed by atoms with Crippen molar-refractivity contribution in [1.82, 2.24) is 4.67 Å². The van der Waals surface area contributed by atoms with E-state index in [0.717, 1.165) is 5.25 Å². The van der Waals surface area contributed by atoms with Crippen molar-refractivity contribution >= 4 is 19.3 Å². The van der Waals surface area contributed by atoms with Crippen molar-refractivity contribution in [2.24, 2.45) is 0 Å². The number of hydrogen-bond donors (Lipinski definition) is 0. The van der Waals surface area contributed by atoms with Crippen molar-refractivity contribution < 1.29 is 0 Å². The zero-order valence-corrected chi connectivity index (χ0v) is 11.1. The normalized spacial score (nSPS) is 13.5. The van der Waals surface area contributed by atoms with Crippen LogP contribution in [0.2, 0.25) is 0 Å². The summed E-state index contributed by atoms with van der Waals surface area (Å²) in [6, 6.07) is 1.40. The Labute approximate surface area is 83.3 Å². The Hall–Kier alpha value is 0.740. The van der Waals surface area contributed by atoms with Crippen LogP contribution in [0.1, 0.15) is 41.5 Å². The summed E-state index contributed by atoms with van der Waals surface area (Å²) in [7, 11) is 0.424. The largest absolute Gasteiger partial charge is 0.169 e. The molecule has 0 aromatic rings. The average molecular weight is 208 g/mol. The van der Waals surface area contributed by atoms with E-state index in [0.29, 0.717) is 20.0 Å². The maximum Gasteiger partial charge on any atom is 0.117 e. The van der Waals surface area contributed by atoms with Crippen molar-refractivity contribution in [3.05, 3.63) is 0 Å². The van der Waals surface area contributed by atoms with E-state index in [1.54, 1.807) is 0 Å². The van der Waals surface area contributed by atoms with Crippen LogP contribution in [-0.4, -0.2) is 22.0 Å². The summed E-state index contributed by atoms with van der Waals surface area (Å²) >= 11 is 2.11. The maximum absolute atomic E-state index is 2.60. The van der Waals surface area contributed by atoms with Gasteiger partial charge in [-0.25, -0.2) is 0 Å². The Balaban J connectivity index is 3.80. The van der Waals surface area contributed by atoms with Gasteiger partial charge in [0.15, 0.2) is 0 Å². The highest BCUT2D eigenvalue weighted by molar-refractivity contribution is 8.49. The minimum Gasteiger partial charge on any atom is -0.169 e. The molecule has 1 atom stereocenters. The van der Waals surface area contributed by atoms with Crippen LogP contribution in [0.25, 0.3) is 0 Å². The Morgan fingerprint density at radius 1 is 0.917 bits per heavy atom. The molecule has 1 unspecified atom stereocenters. The molecule has 12 heavy (non-hydrogen) atoms. The van der Waals surface area contributed by atoms with Gasteiger partial charge in [-0.2, -0.15) is 4.67 Å². The van der Waals surface area contributed by atoms with E-state index in [4.69, 9.17) is 0 Å². The molecular weight excluding hydrogens is 185 g/mol. The molecule has 0 N–H and O–H groups in total. The molecule has 0 radical (unpaired) electrons. The van der Waals surface area contributed by atoms with Crippen molar-refractivity contribution in [2.75, 3.05) is 0 Å². The number of hydrogen-bond acceptors (Lipinski definition) is 2. The molecule has 0 bridgehead atoms. The van der Waals surface area contributed by atoms with E-state index in [9.17, 15) is 0 Å². The first-order chi connectivity index (χ1) is 5.45. The molecule has 74 valence electrons. The third-order valence-corrected chi connectivity index (χ3v) is 6.48. The van der Waals surface area contributed by atoms with Crippen molar-refractivity contribution in [2.45, 2.75) is 58.9 Å². The quantitative estimate of drug-likeness (QED) is 0.636. The van der Waals surface area contributed by atoms with Gasteiger partial charge in [0.2, 0.25) is 0 Å². The highest BCUT2D eigenvalue weighted by Gasteiger charge is 2.19. The first-order valence-corrected chi connectivity index (χ1v) is 7.58. The second-order valence-electron chi connectivity index (χ2n) is 3.92. The molecule has 0 saturated heterocycles. The third kappa shape index (κ3) is 5.40. The van der Waals surface area contributed by atoms with E-state index < -0.39 is 0 Å². The van der Waals surface area contributed by atoms with E-state index >= 15 is 0 Å². The highest BCUT2D eigenvalue weighted by atomic mass is 32.7. The second-order valence-corrected chi connectivity index (χ2v) is 7.40. The Bertz CT molecular complexity index is 107. The van der Waals surface area contributed by atoms with Gasteiger partial charge in [0.05, 0.1) is 0 Å². The fourth-order valence-corrected chi connectivity index (χ4v) is 4.52. The molecule has 0 saturated carbocycles. The molecule has 0 heterocycles. The van der Waals surface area contributed by atoms with Crippen LogP contribution >= 0.6 is 19.3 Å². The lowest BCUT2D eigenvalue weighted by molar-refractivity contribution is 0.333. The van der Waals surface area contributed by atoms with E-state index in [-0.39, 0.29) is 0 Å². The SMILES string of the molecule is CC(C)S[PH2+]N(C(C)C)C(C)C. The predicted molar refractivity (Wildman–Crippen MR) is 64.5 cm³/mol. The predicted octanol–water partition coefficient (Wildman–Crippen LogP) is 3.49. The van der Waals surface area contributed by atoms with Gasteiger partial charge in [0.25, 0.3) is 0 Å². The zero-order chi connectivity index (χ0) is 9.72. The Morgan fingerprint density at radius 2 is 1.33 bits per heavy atom. The molecule has 0 fully saturated rings. The smallest absolute Gasteiger partial charge is 0.117 e. The van der Waals surface area contributed by atoms with E-state index in [1.807, 2.05) is 0 Å². The van der Waals surface area contributed by atoms with Crippen molar-refractivity contribution in [3.8, 4) is 0 Å². The lowest BCUT2D eigenvalue weighted by Gasteiger charge is -2.23. The van der Waals surface area contributed by atoms with Crippen molar-refractivity contribution in [1.29, 1.82) is 0 Å². The van der Waals surface area contributed by atoms with Crippen LogP contribution in [0.15, 0.2) is 0 Å². The second kappa shape index (κ2) is 6.23. The van der Waals surface area contributed by atoms with Crippen LogP contribution in [0, 0.1) is 0 Å². The number of nitrogens with zero attached hydrogens (tertiary/aromatic N) is 1. The zero-order valence-electron chi connectivity index (χ0n) is 9.16. The summed E-state index contributed by atoms with van der Waals surface area (Å²) in [5, 5.41) is 0.778. The van der Waals surface area contributed by atoms with Gasteiger partial charge >= 0.3 is 0 Å². The van der Waals surface area contributed by atoms with Crippen LogP contribution in [0.3, 0.4) is 0 Å². The van der Waals surface area contributed by atoms with Gasteiger partial charge in [-0.3, -0.25) is 0 Å². The summed E-state index contributed by atoms with van der Waals surface area (Å²) in [4.78, 5) is 0. The summed E-state index contributed by atoms with van der Waals surface area (Å²) in [5.41, 5.74) is 0. The highest BCUT2D eigenvalue weighted by Crippen LogP contribution is 2.39. The molecule has 0 aliphatic carbocycles. The molecule has 0 aliphatic heterocycles. The third-order valence-electron chi connectivity index (χ3n) is 1.65. The van der Waals surface area contributed by atoms with E-state index in [1.165, 1.54) is 0 Å². The van der Waals surface area contributed by atoms with Crippen LogP contribution in [0.5, 0.6) is 0 Å². The van der Waals surface area contributed by atoms with Crippen molar-refractivity contribution in [3.63, 3.8) is 0 Å². The molecule has 0 aromatic heterocycles. The van der Waals surface area contributed by atoms with Gasteiger partial charge in [-0.15, -0.1) is 0 Å². The lowest BCUT2D eigenvalue weighted by Crippen LogP contribution is -2.28. The first kappa shape index (κ1) is 12.7. The Morgan fingerprint density at radius 3 is 1.58 bits per heavy atom. The first-order valence-electron chi connectivity index (χ1n) is 4.71. The topological polar surface area (TPSA) is 3.24 Å². The number of rotatable bonds is 5. The van der Waals surface area contributed by atoms with Crippen LogP contribution in [-0.2, 0) is 0 Å². The molecule has 0 amide bonds. The lowest BCUT2D eigenvalue weighted by atomic mass is 10.3. The van der Waals surface area contributed by atoms with Gasteiger partial charge in [-0.1, -0.05) is 13.8 Å². The summed E-state index contributed by atoms with van der Waals surface area (Å²) < 4.78 is 2.60. The minimum atomic E-state index is 0.424. The van der Waals surface area contributed by atoms with Gasteiger partial charge < -0.3 is 0 Å². The summed E-state index contributed by atoms with van der Waals surface area (Å²) in [5.74, 6) is 0. The molecule has 3 heteroatoms. The summed E-state index contributed by atoms with van der Waals surface area (Å²) in [6.07, 6.45) is 0. The molecule has 1 nitrogen and oxygen atoms in total. The monoisotopic (exact) mass is 208 g/mol. The minimum absolute atomic E-state index is 0.424. The maximum atomic E-state index is 2.60. The summed E-state index contributed by atoms with van der Waals surface area (Å²) in [6.45, 7) is 13.7. The molecule has 0 aliphatic rings. The fraction of sp³-hybridized carbons (Fsp3) is 1.00. The van der Waals surface area contributed by atoms with Gasteiger partial charge in [0, 0.05) is 28.7 Å². The molecule has 0 spiro atoms. The standard InChI is InChI=1S/C9H22NPS/c1-7(2)10(8(3)4)11-12-9(5)6/h7-9,11H,1-6H3/p+1. The van der Waals surface area contributed by atoms with E-state index in [2.05, 4.69) is 57.6 Å². The van der Waals surface area contributed by atoms with Crippen LogP contribution < -0.4 is 0 Å². The molecular formula is C9H23NPS+. The molecule has 0 rings (SSSR count). The molecule has 0 aromatic carbocycles. The van der Waals surface area contributed by atoms with Gasteiger partial charge in [-0.05, 0) is 27.7 Å². The van der Waals surface area contributed by atoms with Crippen LogP contribution in [0.4, 0.5) is 0 Å². The van der Waals surface area contributed by atoms with Gasteiger partial charge in [0.1, 0.15) is 7.93 Å². The Kier molecular flexibility index (Phi) is 6.62. The fourth-order valence-electron chi connectivity index (χ4n) is 1.03.